The van der Waals surface area contributed by atoms with Gasteiger partial charge in [-0.1, -0.05) is 29.8 Å². The van der Waals surface area contributed by atoms with Crippen molar-refractivity contribution in [1.29, 1.82) is 0 Å². The quantitative estimate of drug-likeness (QED) is 0.327. The highest BCUT2D eigenvalue weighted by Gasteiger charge is 2.34. The van der Waals surface area contributed by atoms with Gasteiger partial charge in [0.25, 0.3) is 0 Å². The molecule has 0 aliphatic carbocycles. The second-order valence-electron chi connectivity index (χ2n) is 6.53. The number of guanidine groups is 1. The molecule has 4 nitrogen and oxygen atoms in total. The summed E-state index contributed by atoms with van der Waals surface area (Å²) >= 11 is 7.99. The van der Waals surface area contributed by atoms with Crippen molar-refractivity contribution >= 4 is 52.9 Å². The van der Waals surface area contributed by atoms with E-state index in [2.05, 4.69) is 47.2 Å². The van der Waals surface area contributed by atoms with Crippen LogP contribution in [-0.4, -0.2) is 32.3 Å². The molecule has 0 atom stereocenters. The molecule has 0 unspecified atom stereocenters. The standard InChI is InChI=1S/C20H26ClN3OS.HI/c1-2-22-19(23-14-18-7-4-12-26-18)24-15-20(8-10-25-11-9-20)16-5-3-6-17(21)13-16;/h3-7,12-13H,2,8-11,14-15H2,1H3,(H2,22,23,24);1H. The molecule has 0 saturated carbocycles. The summed E-state index contributed by atoms with van der Waals surface area (Å²) in [6.45, 7) is 5.98. The predicted octanol–water partition coefficient (Wildman–Crippen LogP) is 4.82. The smallest absolute Gasteiger partial charge is 0.191 e. The number of halogens is 2. The molecule has 1 aliphatic heterocycles. The van der Waals surface area contributed by atoms with E-state index < -0.39 is 0 Å². The molecule has 148 valence electrons. The minimum absolute atomic E-state index is 0. The average Bonchev–Trinajstić information content (AvgIpc) is 3.18. The Morgan fingerprint density at radius 1 is 1.22 bits per heavy atom. The molecular formula is C20H27ClIN3OS. The summed E-state index contributed by atoms with van der Waals surface area (Å²) < 4.78 is 5.62. The molecule has 2 N–H and O–H groups in total. The Hall–Kier alpha value is -0.830. The predicted molar refractivity (Wildman–Crippen MR) is 126 cm³/mol. The van der Waals surface area contributed by atoms with E-state index in [-0.39, 0.29) is 29.4 Å². The zero-order valence-corrected chi connectivity index (χ0v) is 19.4. The second-order valence-corrected chi connectivity index (χ2v) is 8.00. The number of rotatable bonds is 6. The van der Waals surface area contributed by atoms with Crippen molar-refractivity contribution in [1.82, 2.24) is 10.6 Å². The van der Waals surface area contributed by atoms with Gasteiger partial charge < -0.3 is 15.4 Å². The molecule has 2 heterocycles. The van der Waals surface area contributed by atoms with Gasteiger partial charge in [-0.3, -0.25) is 0 Å². The van der Waals surface area contributed by atoms with Gasteiger partial charge in [0.2, 0.25) is 0 Å². The third-order valence-corrected chi connectivity index (χ3v) is 5.89. The molecule has 0 bridgehead atoms. The molecule has 0 spiro atoms. The van der Waals surface area contributed by atoms with Gasteiger partial charge in [0.15, 0.2) is 5.96 Å². The number of aliphatic imine (C=N–C) groups is 1. The topological polar surface area (TPSA) is 45.7 Å². The minimum atomic E-state index is 0. The molecule has 1 aliphatic rings. The van der Waals surface area contributed by atoms with E-state index >= 15 is 0 Å². The molecule has 1 aromatic heterocycles. The van der Waals surface area contributed by atoms with E-state index in [1.54, 1.807) is 11.3 Å². The highest BCUT2D eigenvalue weighted by Crippen LogP contribution is 2.35. The van der Waals surface area contributed by atoms with E-state index in [1.165, 1.54) is 10.4 Å². The van der Waals surface area contributed by atoms with Crippen molar-refractivity contribution in [2.45, 2.75) is 31.7 Å². The Morgan fingerprint density at radius 3 is 2.70 bits per heavy atom. The van der Waals surface area contributed by atoms with Gasteiger partial charge in [-0.2, -0.15) is 0 Å². The summed E-state index contributed by atoms with van der Waals surface area (Å²) in [4.78, 5) is 5.99. The molecule has 0 amide bonds. The van der Waals surface area contributed by atoms with Crippen molar-refractivity contribution in [3.63, 3.8) is 0 Å². The molecular weight excluding hydrogens is 493 g/mol. The zero-order valence-electron chi connectivity index (χ0n) is 15.5. The van der Waals surface area contributed by atoms with Crippen LogP contribution in [0.15, 0.2) is 46.8 Å². The fourth-order valence-electron chi connectivity index (χ4n) is 3.30. The van der Waals surface area contributed by atoms with E-state index in [0.717, 1.165) is 50.1 Å². The van der Waals surface area contributed by atoms with Gasteiger partial charge in [0.05, 0.1) is 6.54 Å². The molecule has 27 heavy (non-hydrogen) atoms. The number of benzene rings is 1. The lowest BCUT2D eigenvalue weighted by atomic mass is 9.74. The number of ether oxygens (including phenoxy) is 1. The minimum Gasteiger partial charge on any atom is -0.381 e. The molecule has 1 fully saturated rings. The Bertz CT molecular complexity index is 718. The van der Waals surface area contributed by atoms with Crippen LogP contribution < -0.4 is 10.6 Å². The third kappa shape index (κ3) is 6.34. The van der Waals surface area contributed by atoms with Gasteiger partial charge >= 0.3 is 0 Å². The molecule has 0 radical (unpaired) electrons. The first kappa shape index (κ1) is 22.5. The average molecular weight is 520 g/mol. The largest absolute Gasteiger partial charge is 0.381 e. The number of thiophene rings is 1. The van der Waals surface area contributed by atoms with Crippen LogP contribution in [0.25, 0.3) is 0 Å². The van der Waals surface area contributed by atoms with E-state index in [1.807, 2.05) is 12.1 Å². The lowest BCUT2D eigenvalue weighted by Crippen LogP contribution is -2.48. The van der Waals surface area contributed by atoms with Crippen molar-refractivity contribution in [3.05, 3.63) is 57.2 Å². The summed E-state index contributed by atoms with van der Waals surface area (Å²) in [5, 5.41) is 9.78. The van der Waals surface area contributed by atoms with Crippen LogP contribution in [0.5, 0.6) is 0 Å². The van der Waals surface area contributed by atoms with E-state index in [9.17, 15) is 0 Å². The molecule has 7 heteroatoms. The zero-order chi connectivity index (χ0) is 18.2. The fraction of sp³-hybridized carbons (Fsp3) is 0.450. The van der Waals surface area contributed by atoms with Crippen molar-refractivity contribution in [2.75, 3.05) is 26.3 Å². The van der Waals surface area contributed by atoms with E-state index in [0.29, 0.717) is 6.54 Å². The van der Waals surface area contributed by atoms with Gasteiger partial charge in [-0.25, -0.2) is 4.99 Å². The van der Waals surface area contributed by atoms with Crippen LogP contribution in [0.3, 0.4) is 0 Å². The number of hydrogen-bond acceptors (Lipinski definition) is 3. The Morgan fingerprint density at radius 2 is 2.04 bits per heavy atom. The van der Waals surface area contributed by atoms with Crippen LogP contribution >= 0.6 is 46.9 Å². The second kappa shape index (κ2) is 11.2. The van der Waals surface area contributed by atoms with Crippen LogP contribution in [0.1, 0.15) is 30.2 Å². The summed E-state index contributed by atoms with van der Waals surface area (Å²) in [6, 6.07) is 12.4. The Kier molecular flexibility index (Phi) is 9.35. The maximum atomic E-state index is 6.26. The normalized spacial score (nSPS) is 16.4. The maximum Gasteiger partial charge on any atom is 0.191 e. The van der Waals surface area contributed by atoms with Crippen LogP contribution in [-0.2, 0) is 16.7 Å². The Labute approximate surface area is 187 Å². The van der Waals surface area contributed by atoms with Crippen LogP contribution in [0.2, 0.25) is 5.02 Å². The number of hydrogen-bond donors (Lipinski definition) is 2. The van der Waals surface area contributed by atoms with Crippen LogP contribution in [0, 0.1) is 0 Å². The lowest BCUT2D eigenvalue weighted by Gasteiger charge is -2.38. The van der Waals surface area contributed by atoms with Gasteiger partial charge in [0, 0.05) is 41.6 Å². The van der Waals surface area contributed by atoms with Crippen molar-refractivity contribution in [3.8, 4) is 0 Å². The first-order valence-corrected chi connectivity index (χ1v) is 10.4. The summed E-state index contributed by atoms with van der Waals surface area (Å²) in [5.74, 6) is 0.855. The Balaban J connectivity index is 0.00000261. The van der Waals surface area contributed by atoms with Gasteiger partial charge in [0.1, 0.15) is 0 Å². The first-order valence-electron chi connectivity index (χ1n) is 9.10. The number of nitrogens with one attached hydrogen (secondary N) is 2. The SMILES string of the molecule is CCNC(=NCc1cccs1)NCC1(c2cccc(Cl)c2)CCOCC1.I. The number of nitrogens with zero attached hydrogens (tertiary/aromatic N) is 1. The third-order valence-electron chi connectivity index (χ3n) is 4.80. The van der Waals surface area contributed by atoms with Crippen molar-refractivity contribution in [2.24, 2.45) is 4.99 Å². The maximum absolute atomic E-state index is 6.26. The molecule has 1 aromatic carbocycles. The highest BCUT2D eigenvalue weighted by molar-refractivity contribution is 14.0. The van der Waals surface area contributed by atoms with Crippen molar-refractivity contribution < 1.29 is 4.74 Å². The summed E-state index contributed by atoms with van der Waals surface area (Å²) in [7, 11) is 0. The fourth-order valence-corrected chi connectivity index (χ4v) is 4.12. The molecule has 1 saturated heterocycles. The summed E-state index contributed by atoms with van der Waals surface area (Å²) in [6.07, 6.45) is 1.95. The van der Waals surface area contributed by atoms with E-state index in [4.69, 9.17) is 21.3 Å². The molecule has 3 rings (SSSR count). The summed E-state index contributed by atoms with van der Waals surface area (Å²) in [5.41, 5.74) is 1.29. The highest BCUT2D eigenvalue weighted by atomic mass is 127. The molecule has 2 aromatic rings. The monoisotopic (exact) mass is 519 g/mol. The lowest BCUT2D eigenvalue weighted by molar-refractivity contribution is 0.0514. The van der Waals surface area contributed by atoms with Gasteiger partial charge in [-0.15, -0.1) is 35.3 Å². The van der Waals surface area contributed by atoms with Gasteiger partial charge in [-0.05, 0) is 48.9 Å². The first-order chi connectivity index (χ1) is 12.7. The van der Waals surface area contributed by atoms with Crippen LogP contribution in [0.4, 0.5) is 0 Å².